The van der Waals surface area contributed by atoms with Crippen LogP contribution in [0.2, 0.25) is 0 Å². The highest BCUT2D eigenvalue weighted by Crippen LogP contribution is 2.39. The normalized spacial score (nSPS) is 23.3. The van der Waals surface area contributed by atoms with Crippen LogP contribution in [0.15, 0.2) is 36.5 Å². The number of hydrogen-bond donors (Lipinski definition) is 3. The highest BCUT2D eigenvalue weighted by atomic mass is 32.2. The number of likely N-dealkylation sites (tertiary alicyclic amines) is 1. The Labute approximate surface area is 229 Å². The smallest absolute Gasteiger partial charge is 0.246 e. The molecule has 2 aliphatic heterocycles. The van der Waals surface area contributed by atoms with Crippen molar-refractivity contribution in [2.75, 3.05) is 31.7 Å². The number of aromatic nitrogens is 1. The van der Waals surface area contributed by atoms with Crippen molar-refractivity contribution in [1.82, 2.24) is 24.8 Å². The first-order valence-electron chi connectivity index (χ1n) is 13.1. The molecule has 2 aliphatic rings. The van der Waals surface area contributed by atoms with Gasteiger partial charge in [0.15, 0.2) is 0 Å². The molecule has 5 atom stereocenters. The van der Waals surface area contributed by atoms with E-state index in [9.17, 15) is 22.8 Å². The Morgan fingerprint density at radius 2 is 1.87 bits per heavy atom. The number of rotatable bonds is 7. The van der Waals surface area contributed by atoms with Crippen LogP contribution < -0.4 is 16.0 Å². The van der Waals surface area contributed by atoms with Gasteiger partial charge in [-0.3, -0.25) is 19.4 Å². The van der Waals surface area contributed by atoms with E-state index in [0.717, 1.165) is 17.2 Å². The third-order valence-corrected chi connectivity index (χ3v) is 8.99. The van der Waals surface area contributed by atoms with Gasteiger partial charge in [-0.05, 0) is 50.1 Å². The van der Waals surface area contributed by atoms with Crippen molar-refractivity contribution >= 4 is 44.3 Å². The number of carbonyl (C=O) groups excluding carboxylic acids is 3. The van der Waals surface area contributed by atoms with Crippen LogP contribution in [0.1, 0.15) is 34.1 Å². The van der Waals surface area contributed by atoms with Crippen LogP contribution in [-0.4, -0.2) is 90.9 Å². The lowest BCUT2D eigenvalue weighted by molar-refractivity contribution is -0.141. The summed E-state index contributed by atoms with van der Waals surface area (Å²) >= 11 is 0. The number of carbonyl (C=O) groups is 3. The second kappa shape index (κ2) is 10.8. The van der Waals surface area contributed by atoms with E-state index in [1.165, 1.54) is 4.31 Å². The maximum absolute atomic E-state index is 14.0. The average Bonchev–Trinajstić information content (AvgIpc) is 3.46. The Morgan fingerprint density at radius 3 is 2.51 bits per heavy atom. The van der Waals surface area contributed by atoms with Crippen molar-refractivity contribution in [3.05, 3.63) is 36.5 Å². The largest absolute Gasteiger partial charge is 0.342 e. The van der Waals surface area contributed by atoms with E-state index in [1.807, 2.05) is 39.0 Å². The predicted octanol–water partition coefficient (Wildman–Crippen LogP) is 1.17. The van der Waals surface area contributed by atoms with E-state index in [1.54, 1.807) is 37.2 Å². The van der Waals surface area contributed by atoms with E-state index < -0.39 is 45.5 Å². The highest BCUT2D eigenvalue weighted by Gasteiger charge is 2.56. The van der Waals surface area contributed by atoms with E-state index in [0.29, 0.717) is 12.1 Å². The zero-order valence-electron chi connectivity index (χ0n) is 23.3. The summed E-state index contributed by atoms with van der Waals surface area (Å²) in [5.74, 6) is -1.78. The fraction of sp³-hybridized carbons (Fsp3) is 0.556. The topological polar surface area (TPSA) is 141 Å². The predicted molar refractivity (Wildman–Crippen MR) is 149 cm³/mol. The molecule has 39 heavy (non-hydrogen) atoms. The van der Waals surface area contributed by atoms with Crippen LogP contribution in [0.4, 0.5) is 5.69 Å². The molecule has 3 heterocycles. The third kappa shape index (κ3) is 5.92. The maximum atomic E-state index is 14.0. The average molecular weight is 559 g/mol. The minimum absolute atomic E-state index is 0.0255. The Hall–Kier alpha value is -3.09. The molecule has 3 amide bonds. The maximum Gasteiger partial charge on any atom is 0.246 e. The standard InChI is InChI=1S/C27H38N6O5S/c1-16(28-5)24(34)31-23(27(2,3)4)26(36)32-13-11-21-22(32)19(15-33(21)39(6,37)38)25(35)30-18-9-10-20-17(14-18)8-7-12-29-20/h7-10,12,14,16,19,21-23,28H,11,13,15H2,1-6H3,(H,30,35)(H,31,34). The molecule has 0 saturated carbocycles. The molecule has 0 aliphatic carbocycles. The fourth-order valence-corrected chi connectivity index (χ4v) is 6.67. The van der Waals surface area contributed by atoms with Crippen molar-refractivity contribution < 1.29 is 22.8 Å². The van der Waals surface area contributed by atoms with Gasteiger partial charge in [-0.15, -0.1) is 0 Å². The summed E-state index contributed by atoms with van der Waals surface area (Å²) in [5.41, 5.74) is 0.728. The number of pyridine rings is 1. The number of likely N-dealkylation sites (N-methyl/N-ethyl adjacent to an activating group) is 1. The molecule has 3 N–H and O–H groups in total. The van der Waals surface area contributed by atoms with E-state index in [4.69, 9.17) is 0 Å². The van der Waals surface area contributed by atoms with Gasteiger partial charge in [-0.1, -0.05) is 26.8 Å². The lowest BCUT2D eigenvalue weighted by atomic mass is 9.85. The quantitative estimate of drug-likeness (QED) is 0.463. The number of nitrogens with zero attached hydrogens (tertiary/aromatic N) is 3. The molecule has 11 nitrogen and oxygen atoms in total. The third-order valence-electron chi connectivity index (χ3n) is 7.72. The molecule has 1 aromatic heterocycles. The van der Waals surface area contributed by atoms with Crippen LogP contribution in [0.3, 0.4) is 0 Å². The van der Waals surface area contributed by atoms with Crippen molar-refractivity contribution in [2.45, 2.75) is 58.3 Å². The minimum Gasteiger partial charge on any atom is -0.342 e. The van der Waals surface area contributed by atoms with Crippen LogP contribution in [0.5, 0.6) is 0 Å². The van der Waals surface area contributed by atoms with E-state index >= 15 is 0 Å². The van der Waals surface area contributed by atoms with Gasteiger partial charge < -0.3 is 20.9 Å². The second-order valence-electron chi connectivity index (χ2n) is 11.5. The van der Waals surface area contributed by atoms with Crippen LogP contribution in [-0.2, 0) is 24.4 Å². The Kier molecular flexibility index (Phi) is 8.02. The number of fused-ring (bicyclic) bond motifs is 2. The van der Waals surface area contributed by atoms with Gasteiger partial charge in [0.2, 0.25) is 27.7 Å². The zero-order chi connectivity index (χ0) is 28.7. The van der Waals surface area contributed by atoms with Crippen molar-refractivity contribution in [1.29, 1.82) is 0 Å². The molecule has 212 valence electrons. The number of nitrogens with one attached hydrogen (secondary N) is 3. The van der Waals surface area contributed by atoms with Crippen LogP contribution in [0, 0.1) is 11.3 Å². The van der Waals surface area contributed by atoms with E-state index in [2.05, 4.69) is 20.9 Å². The van der Waals surface area contributed by atoms with Gasteiger partial charge >= 0.3 is 0 Å². The summed E-state index contributed by atoms with van der Waals surface area (Å²) in [6.45, 7) is 7.56. The highest BCUT2D eigenvalue weighted by molar-refractivity contribution is 7.88. The van der Waals surface area contributed by atoms with Crippen molar-refractivity contribution in [3.63, 3.8) is 0 Å². The Morgan fingerprint density at radius 1 is 1.15 bits per heavy atom. The van der Waals surface area contributed by atoms with E-state index in [-0.39, 0.29) is 30.8 Å². The van der Waals surface area contributed by atoms with Gasteiger partial charge in [0, 0.05) is 36.4 Å². The number of anilines is 1. The lowest BCUT2D eigenvalue weighted by Crippen LogP contribution is -2.59. The van der Waals surface area contributed by atoms with Gasteiger partial charge in [0.1, 0.15) is 6.04 Å². The monoisotopic (exact) mass is 558 g/mol. The molecule has 1 aromatic carbocycles. The molecule has 4 rings (SSSR count). The SMILES string of the molecule is CNC(C)C(=O)NC(C(=O)N1CCC2C1C(C(=O)Nc1ccc3ncccc3c1)CN2S(C)(=O)=O)C(C)(C)C. The summed E-state index contributed by atoms with van der Waals surface area (Å²) in [7, 11) is -1.96. The van der Waals surface area contributed by atoms with Crippen LogP contribution in [0.25, 0.3) is 10.9 Å². The Balaban J connectivity index is 1.63. The molecular formula is C27H38N6O5S. The first kappa shape index (κ1) is 28.9. The summed E-state index contributed by atoms with van der Waals surface area (Å²) in [4.78, 5) is 46.3. The number of hydrogen-bond acceptors (Lipinski definition) is 7. The molecule has 2 fully saturated rings. The second-order valence-corrected chi connectivity index (χ2v) is 13.5. The molecule has 0 radical (unpaired) electrons. The van der Waals surface area contributed by atoms with Crippen LogP contribution >= 0.6 is 0 Å². The first-order chi connectivity index (χ1) is 18.2. The summed E-state index contributed by atoms with van der Waals surface area (Å²) in [6.07, 6.45) is 3.23. The number of amides is 3. The van der Waals surface area contributed by atoms with Gasteiger partial charge in [0.25, 0.3) is 0 Å². The van der Waals surface area contributed by atoms with Gasteiger partial charge in [-0.25, -0.2) is 8.42 Å². The minimum atomic E-state index is -3.63. The summed E-state index contributed by atoms with van der Waals surface area (Å²) in [6, 6.07) is 6.53. The molecule has 5 unspecified atom stereocenters. The van der Waals surface area contributed by atoms with Crippen molar-refractivity contribution in [3.8, 4) is 0 Å². The fourth-order valence-electron chi connectivity index (χ4n) is 5.51. The Bertz CT molecular complexity index is 1370. The number of benzene rings is 1. The molecular weight excluding hydrogens is 520 g/mol. The molecule has 2 saturated heterocycles. The van der Waals surface area contributed by atoms with Gasteiger partial charge in [-0.2, -0.15) is 4.31 Å². The van der Waals surface area contributed by atoms with Crippen molar-refractivity contribution in [2.24, 2.45) is 11.3 Å². The van der Waals surface area contributed by atoms with Gasteiger partial charge in [0.05, 0.1) is 29.8 Å². The molecule has 12 heteroatoms. The zero-order valence-corrected chi connectivity index (χ0v) is 24.1. The summed E-state index contributed by atoms with van der Waals surface area (Å²) in [5, 5.41) is 9.54. The first-order valence-corrected chi connectivity index (χ1v) is 15.0. The lowest BCUT2D eigenvalue weighted by Gasteiger charge is -2.37. The molecule has 0 spiro atoms. The summed E-state index contributed by atoms with van der Waals surface area (Å²) < 4.78 is 26.7. The number of sulfonamides is 1. The molecule has 2 aromatic rings. The molecule has 0 bridgehead atoms.